The number of nitrogen functional groups attached to an aromatic ring is 1. The molecular weight excluding hydrogens is 300 g/mol. The minimum absolute atomic E-state index is 0.346. The number of anilines is 1. The zero-order valence-electron chi connectivity index (χ0n) is 11.9. The van der Waals surface area contributed by atoms with Crippen molar-refractivity contribution in [2.24, 2.45) is 5.84 Å². The van der Waals surface area contributed by atoms with Crippen LogP contribution in [0.15, 0.2) is 30.3 Å². The van der Waals surface area contributed by atoms with Crippen molar-refractivity contribution in [3.05, 3.63) is 41.7 Å². The zero-order valence-corrected chi connectivity index (χ0v) is 13.5. The third-order valence-electron chi connectivity index (χ3n) is 3.45. The Morgan fingerprint density at radius 1 is 1.19 bits per heavy atom. The first-order valence-corrected chi connectivity index (χ1v) is 9.10. The first kappa shape index (κ1) is 14.7. The fourth-order valence-corrected chi connectivity index (χ4v) is 4.93. The monoisotopic (exact) mass is 318 g/mol. The molecule has 3 N–H and O–H groups in total. The van der Waals surface area contributed by atoms with Crippen molar-refractivity contribution in [1.29, 1.82) is 0 Å². The molecule has 21 heavy (non-hydrogen) atoms. The molecular formula is C15H18N4S2. The van der Waals surface area contributed by atoms with Gasteiger partial charge in [-0.1, -0.05) is 30.3 Å². The molecule has 6 heteroatoms. The molecule has 1 aliphatic heterocycles. The van der Waals surface area contributed by atoms with Crippen molar-refractivity contribution < 1.29 is 0 Å². The van der Waals surface area contributed by atoms with E-state index in [-0.39, 0.29) is 0 Å². The van der Waals surface area contributed by atoms with Crippen LogP contribution in [0.3, 0.4) is 0 Å². The van der Waals surface area contributed by atoms with Gasteiger partial charge >= 0.3 is 0 Å². The maximum atomic E-state index is 5.64. The van der Waals surface area contributed by atoms with Crippen LogP contribution in [0.1, 0.15) is 16.6 Å². The highest BCUT2D eigenvalue weighted by molar-refractivity contribution is 8.06. The number of aromatic nitrogens is 2. The summed E-state index contributed by atoms with van der Waals surface area (Å²) in [6, 6.07) is 10.2. The van der Waals surface area contributed by atoms with Crippen molar-refractivity contribution in [2.75, 3.05) is 22.7 Å². The molecule has 1 atom stereocenters. The molecule has 1 saturated heterocycles. The molecule has 0 saturated carbocycles. The van der Waals surface area contributed by atoms with Crippen LogP contribution in [0.2, 0.25) is 0 Å². The molecule has 2 aromatic rings. The molecule has 1 fully saturated rings. The molecule has 4 nitrogen and oxygen atoms in total. The standard InChI is InChI=1S/C15H18N4S2/c1-10-13(11-5-3-2-4-6-11)17-15(18-14(10)19-16)12-9-20-7-8-21-12/h2-6,12H,7-9,16H2,1H3,(H,17,18,19). The van der Waals surface area contributed by atoms with Gasteiger partial charge in [-0.25, -0.2) is 15.8 Å². The smallest absolute Gasteiger partial charge is 0.147 e. The van der Waals surface area contributed by atoms with Crippen molar-refractivity contribution >= 4 is 29.3 Å². The number of rotatable bonds is 3. The summed E-state index contributed by atoms with van der Waals surface area (Å²) >= 11 is 3.90. The summed E-state index contributed by atoms with van der Waals surface area (Å²) in [4.78, 5) is 9.45. The fraction of sp³-hybridized carbons (Fsp3) is 0.333. The maximum absolute atomic E-state index is 5.64. The summed E-state index contributed by atoms with van der Waals surface area (Å²) in [6.45, 7) is 2.00. The molecule has 3 rings (SSSR count). The summed E-state index contributed by atoms with van der Waals surface area (Å²) in [5.74, 6) is 10.7. The Morgan fingerprint density at radius 3 is 2.67 bits per heavy atom. The molecule has 0 aliphatic carbocycles. The van der Waals surface area contributed by atoms with Gasteiger partial charge in [-0.15, -0.1) is 11.8 Å². The van der Waals surface area contributed by atoms with E-state index in [9.17, 15) is 0 Å². The van der Waals surface area contributed by atoms with Gasteiger partial charge in [-0.05, 0) is 6.92 Å². The minimum atomic E-state index is 0.346. The number of nitrogens with two attached hydrogens (primary N) is 1. The highest BCUT2D eigenvalue weighted by Gasteiger charge is 2.22. The van der Waals surface area contributed by atoms with Crippen molar-refractivity contribution in [2.45, 2.75) is 12.2 Å². The Balaban J connectivity index is 2.06. The van der Waals surface area contributed by atoms with Crippen molar-refractivity contribution in [3.8, 4) is 11.3 Å². The fourth-order valence-electron chi connectivity index (χ4n) is 2.33. The zero-order chi connectivity index (χ0) is 14.7. The average molecular weight is 318 g/mol. The SMILES string of the molecule is Cc1c(NN)nc(C2CSCCS2)nc1-c1ccccc1. The van der Waals surface area contributed by atoms with Gasteiger partial charge in [-0.3, -0.25) is 0 Å². The van der Waals surface area contributed by atoms with Gasteiger partial charge in [0.1, 0.15) is 11.6 Å². The van der Waals surface area contributed by atoms with Gasteiger partial charge in [0.2, 0.25) is 0 Å². The van der Waals surface area contributed by atoms with E-state index in [4.69, 9.17) is 10.8 Å². The third kappa shape index (κ3) is 3.17. The number of thioether (sulfide) groups is 2. The maximum Gasteiger partial charge on any atom is 0.147 e. The number of nitrogens with one attached hydrogen (secondary N) is 1. The second-order valence-electron chi connectivity index (χ2n) is 4.85. The quantitative estimate of drug-likeness (QED) is 0.669. The molecule has 110 valence electrons. The van der Waals surface area contributed by atoms with E-state index >= 15 is 0 Å². The van der Waals surface area contributed by atoms with Crippen LogP contribution in [-0.4, -0.2) is 27.2 Å². The van der Waals surface area contributed by atoms with Crippen LogP contribution >= 0.6 is 23.5 Å². The van der Waals surface area contributed by atoms with Crippen LogP contribution in [0, 0.1) is 6.92 Å². The van der Waals surface area contributed by atoms with E-state index < -0.39 is 0 Å². The second-order valence-corrected chi connectivity index (χ2v) is 7.31. The molecule has 0 amide bonds. The molecule has 1 aromatic carbocycles. The van der Waals surface area contributed by atoms with Gasteiger partial charge in [0.05, 0.1) is 10.9 Å². The highest BCUT2D eigenvalue weighted by atomic mass is 32.2. The van der Waals surface area contributed by atoms with Gasteiger partial charge in [-0.2, -0.15) is 11.8 Å². The Hall–Kier alpha value is -1.24. The number of nitrogens with zero attached hydrogens (tertiary/aromatic N) is 2. The van der Waals surface area contributed by atoms with Crippen LogP contribution in [0.25, 0.3) is 11.3 Å². The Bertz CT molecular complexity index is 613. The number of benzene rings is 1. The summed E-state index contributed by atoms with van der Waals surface area (Å²) < 4.78 is 0. The summed E-state index contributed by atoms with van der Waals surface area (Å²) in [7, 11) is 0. The lowest BCUT2D eigenvalue weighted by molar-refractivity contribution is 0.917. The lowest BCUT2D eigenvalue weighted by Gasteiger charge is -2.21. The average Bonchev–Trinajstić information content (AvgIpc) is 2.56. The molecule has 0 spiro atoms. The normalized spacial score (nSPS) is 18.5. The van der Waals surface area contributed by atoms with Crippen molar-refractivity contribution in [1.82, 2.24) is 9.97 Å². The lowest BCUT2D eigenvalue weighted by atomic mass is 10.1. The predicted molar refractivity (Wildman–Crippen MR) is 92.5 cm³/mol. The van der Waals surface area contributed by atoms with E-state index in [1.54, 1.807) is 0 Å². The van der Waals surface area contributed by atoms with E-state index in [1.807, 2.05) is 48.6 Å². The van der Waals surface area contributed by atoms with Gasteiger partial charge in [0.25, 0.3) is 0 Å². The van der Waals surface area contributed by atoms with Crippen LogP contribution in [-0.2, 0) is 0 Å². The summed E-state index contributed by atoms with van der Waals surface area (Å²) in [6.07, 6.45) is 0. The number of hydrogen-bond acceptors (Lipinski definition) is 6. The van der Waals surface area contributed by atoms with Crippen molar-refractivity contribution in [3.63, 3.8) is 0 Å². The summed E-state index contributed by atoms with van der Waals surface area (Å²) in [5, 5.41) is 0.346. The molecule has 2 heterocycles. The van der Waals surface area contributed by atoms with Crippen LogP contribution in [0.4, 0.5) is 5.82 Å². The molecule has 0 bridgehead atoms. The number of hydrazine groups is 1. The first-order chi connectivity index (χ1) is 10.3. The van der Waals surface area contributed by atoms with E-state index in [2.05, 4.69) is 22.5 Å². The minimum Gasteiger partial charge on any atom is -0.308 e. The predicted octanol–water partition coefficient (Wildman–Crippen LogP) is 3.26. The molecule has 1 aromatic heterocycles. The van der Waals surface area contributed by atoms with Crippen LogP contribution in [0.5, 0.6) is 0 Å². The van der Waals surface area contributed by atoms with Gasteiger partial charge < -0.3 is 5.43 Å². The third-order valence-corrected chi connectivity index (χ3v) is 6.20. The van der Waals surface area contributed by atoms with E-state index in [0.717, 1.165) is 40.0 Å². The van der Waals surface area contributed by atoms with Gasteiger partial charge in [0, 0.05) is 28.4 Å². The Labute approximate surface area is 133 Å². The first-order valence-electron chi connectivity index (χ1n) is 6.89. The molecule has 1 unspecified atom stereocenters. The molecule has 0 radical (unpaired) electrons. The molecule has 1 aliphatic rings. The highest BCUT2D eigenvalue weighted by Crippen LogP contribution is 2.37. The van der Waals surface area contributed by atoms with E-state index in [0.29, 0.717) is 5.25 Å². The Kier molecular flexibility index (Phi) is 4.67. The number of hydrogen-bond donors (Lipinski definition) is 2. The van der Waals surface area contributed by atoms with Crippen LogP contribution < -0.4 is 11.3 Å². The Morgan fingerprint density at radius 2 is 2.00 bits per heavy atom. The topological polar surface area (TPSA) is 63.8 Å². The largest absolute Gasteiger partial charge is 0.308 e. The second kappa shape index (κ2) is 6.68. The van der Waals surface area contributed by atoms with E-state index in [1.165, 1.54) is 5.75 Å². The summed E-state index contributed by atoms with van der Waals surface area (Å²) in [5.41, 5.74) is 5.77. The van der Waals surface area contributed by atoms with Gasteiger partial charge in [0.15, 0.2) is 0 Å². The lowest BCUT2D eigenvalue weighted by Crippen LogP contribution is -2.16.